The van der Waals surface area contributed by atoms with Crippen molar-refractivity contribution in [3.63, 3.8) is 0 Å². The Hall–Kier alpha value is -4.00. The number of nitrogens with one attached hydrogen (secondary N) is 1. The topological polar surface area (TPSA) is 84.9 Å². The molecule has 6 nitrogen and oxygen atoms in total. The van der Waals surface area contributed by atoms with Gasteiger partial charge in [-0.15, -0.1) is 0 Å². The minimum Gasteiger partial charge on any atom is -0.489 e. The molecule has 188 valence electrons. The molecule has 0 aromatic heterocycles. The van der Waals surface area contributed by atoms with Gasteiger partial charge >= 0.3 is 5.97 Å². The third kappa shape index (κ3) is 7.49. The van der Waals surface area contributed by atoms with Gasteiger partial charge in [0.15, 0.2) is 0 Å². The molecule has 0 saturated carbocycles. The van der Waals surface area contributed by atoms with E-state index in [1.807, 2.05) is 36.4 Å². The summed E-state index contributed by atoms with van der Waals surface area (Å²) >= 11 is 12.5. The van der Waals surface area contributed by atoms with E-state index in [9.17, 15) is 9.59 Å². The highest BCUT2D eigenvalue weighted by molar-refractivity contribution is 6.31. The average molecular weight is 536 g/mol. The highest BCUT2D eigenvalue weighted by Crippen LogP contribution is 2.27. The second-order valence-corrected chi connectivity index (χ2v) is 8.99. The van der Waals surface area contributed by atoms with E-state index in [0.717, 1.165) is 11.1 Å². The molecule has 37 heavy (non-hydrogen) atoms. The van der Waals surface area contributed by atoms with E-state index in [1.165, 1.54) is 0 Å². The van der Waals surface area contributed by atoms with Crippen molar-refractivity contribution in [2.75, 3.05) is 5.32 Å². The SMILES string of the molecule is O=C(O)Cc1ccc(NC(=O)c2cc(OCc3ccccc3Cl)cc(OCc3ccccc3Cl)c2)cc1. The smallest absolute Gasteiger partial charge is 0.307 e. The number of carboxylic acid groups (broad SMARTS) is 1. The number of carbonyl (C=O) groups excluding carboxylic acids is 1. The number of halogens is 2. The van der Waals surface area contributed by atoms with E-state index in [-0.39, 0.29) is 25.5 Å². The van der Waals surface area contributed by atoms with Gasteiger partial charge in [-0.25, -0.2) is 0 Å². The Labute approximate surface area is 224 Å². The van der Waals surface area contributed by atoms with Gasteiger partial charge in [-0.05, 0) is 42.0 Å². The molecule has 0 aliphatic rings. The van der Waals surface area contributed by atoms with Gasteiger partial charge < -0.3 is 19.9 Å². The van der Waals surface area contributed by atoms with E-state index in [2.05, 4.69) is 5.32 Å². The van der Waals surface area contributed by atoms with Gasteiger partial charge in [-0.2, -0.15) is 0 Å². The van der Waals surface area contributed by atoms with Crippen molar-refractivity contribution in [1.82, 2.24) is 0 Å². The lowest BCUT2D eigenvalue weighted by Gasteiger charge is -2.14. The summed E-state index contributed by atoms with van der Waals surface area (Å²) < 4.78 is 11.9. The van der Waals surface area contributed by atoms with Crippen LogP contribution in [0.1, 0.15) is 27.0 Å². The minimum atomic E-state index is -0.922. The summed E-state index contributed by atoms with van der Waals surface area (Å²) in [6.07, 6.45) is -0.0921. The number of ether oxygens (including phenoxy) is 2. The molecule has 0 aliphatic carbocycles. The summed E-state index contributed by atoms with van der Waals surface area (Å²) in [6, 6.07) is 26.3. The minimum absolute atomic E-state index is 0.0921. The first kappa shape index (κ1) is 26.1. The van der Waals surface area contributed by atoms with Crippen molar-refractivity contribution < 1.29 is 24.2 Å². The van der Waals surface area contributed by atoms with Crippen molar-refractivity contribution in [2.45, 2.75) is 19.6 Å². The van der Waals surface area contributed by atoms with Crippen LogP contribution in [0.25, 0.3) is 0 Å². The van der Waals surface area contributed by atoms with Gasteiger partial charge in [0.1, 0.15) is 24.7 Å². The summed E-state index contributed by atoms with van der Waals surface area (Å²) in [6.45, 7) is 0.416. The number of amides is 1. The zero-order chi connectivity index (χ0) is 26.2. The maximum absolute atomic E-state index is 13.1. The first-order valence-corrected chi connectivity index (χ1v) is 12.1. The molecule has 0 heterocycles. The Morgan fingerprint density at radius 1 is 0.730 bits per heavy atom. The molecule has 0 radical (unpaired) electrons. The predicted molar refractivity (Wildman–Crippen MR) is 144 cm³/mol. The van der Waals surface area contributed by atoms with Gasteiger partial charge in [-0.3, -0.25) is 9.59 Å². The molecule has 4 rings (SSSR count). The van der Waals surface area contributed by atoms with Gasteiger partial charge in [-0.1, -0.05) is 71.7 Å². The van der Waals surface area contributed by atoms with Crippen molar-refractivity contribution >= 4 is 40.8 Å². The fourth-order valence-corrected chi connectivity index (χ4v) is 3.89. The molecule has 4 aromatic rings. The summed E-state index contributed by atoms with van der Waals surface area (Å²) in [4.78, 5) is 24.0. The van der Waals surface area contributed by atoms with Crippen LogP contribution in [-0.2, 0) is 24.4 Å². The zero-order valence-electron chi connectivity index (χ0n) is 19.6. The van der Waals surface area contributed by atoms with E-state index < -0.39 is 5.97 Å². The number of carboxylic acids is 1. The van der Waals surface area contributed by atoms with Crippen molar-refractivity contribution in [1.29, 1.82) is 0 Å². The standard InChI is InChI=1S/C29H23Cl2NO5/c30-26-7-3-1-5-20(26)17-36-24-14-22(15-25(16-24)37-18-21-6-2-4-8-27(21)31)29(35)32-23-11-9-19(10-12-23)13-28(33)34/h1-12,14-16H,13,17-18H2,(H,32,35)(H,33,34). The molecular formula is C29H23Cl2NO5. The zero-order valence-corrected chi connectivity index (χ0v) is 21.1. The summed E-state index contributed by atoms with van der Waals surface area (Å²) in [7, 11) is 0. The van der Waals surface area contributed by atoms with Crippen LogP contribution in [0.2, 0.25) is 10.0 Å². The Balaban J connectivity index is 1.54. The van der Waals surface area contributed by atoms with Crippen LogP contribution in [0.3, 0.4) is 0 Å². The van der Waals surface area contributed by atoms with E-state index in [1.54, 1.807) is 54.6 Å². The highest BCUT2D eigenvalue weighted by atomic mass is 35.5. The number of hydrogen-bond acceptors (Lipinski definition) is 4. The molecular weight excluding hydrogens is 513 g/mol. The normalized spacial score (nSPS) is 10.5. The summed E-state index contributed by atoms with van der Waals surface area (Å²) in [5, 5.41) is 12.9. The number of anilines is 1. The molecule has 0 atom stereocenters. The third-order valence-electron chi connectivity index (χ3n) is 5.41. The fourth-order valence-electron chi connectivity index (χ4n) is 3.51. The van der Waals surface area contributed by atoms with Crippen LogP contribution in [0.4, 0.5) is 5.69 Å². The maximum atomic E-state index is 13.1. The van der Waals surface area contributed by atoms with Crippen molar-refractivity contribution in [3.05, 3.63) is 123 Å². The molecule has 0 unspecified atom stereocenters. The van der Waals surface area contributed by atoms with Gasteiger partial charge in [0.05, 0.1) is 6.42 Å². The number of carbonyl (C=O) groups is 2. The number of benzene rings is 4. The largest absolute Gasteiger partial charge is 0.489 e. The van der Waals surface area contributed by atoms with Crippen LogP contribution < -0.4 is 14.8 Å². The maximum Gasteiger partial charge on any atom is 0.307 e. The Morgan fingerprint density at radius 3 is 1.73 bits per heavy atom. The number of rotatable bonds is 10. The summed E-state index contributed by atoms with van der Waals surface area (Å²) in [5.41, 5.74) is 3.09. The van der Waals surface area contributed by atoms with Crippen LogP contribution in [0, 0.1) is 0 Å². The Bertz CT molecular complexity index is 1340. The third-order valence-corrected chi connectivity index (χ3v) is 6.15. The second kappa shape index (κ2) is 12.3. The molecule has 0 bridgehead atoms. The van der Waals surface area contributed by atoms with Crippen LogP contribution >= 0.6 is 23.2 Å². The Kier molecular flexibility index (Phi) is 8.67. The lowest BCUT2D eigenvalue weighted by molar-refractivity contribution is -0.136. The second-order valence-electron chi connectivity index (χ2n) is 8.17. The van der Waals surface area contributed by atoms with E-state index in [4.69, 9.17) is 37.8 Å². The van der Waals surface area contributed by atoms with E-state index >= 15 is 0 Å². The lowest BCUT2D eigenvalue weighted by Crippen LogP contribution is -2.12. The molecule has 1 amide bonds. The molecule has 8 heteroatoms. The molecule has 4 aromatic carbocycles. The molecule has 0 fully saturated rings. The van der Waals surface area contributed by atoms with Crippen molar-refractivity contribution in [2.24, 2.45) is 0 Å². The number of aliphatic carboxylic acids is 1. The van der Waals surface area contributed by atoms with Crippen molar-refractivity contribution in [3.8, 4) is 11.5 Å². The molecule has 0 aliphatic heterocycles. The lowest BCUT2D eigenvalue weighted by atomic mass is 10.1. The Morgan fingerprint density at radius 2 is 1.24 bits per heavy atom. The first-order valence-electron chi connectivity index (χ1n) is 11.4. The van der Waals surface area contributed by atoms with Crippen LogP contribution in [-0.4, -0.2) is 17.0 Å². The number of hydrogen-bond donors (Lipinski definition) is 2. The van der Waals surface area contributed by atoms with Crippen LogP contribution in [0.15, 0.2) is 91.0 Å². The van der Waals surface area contributed by atoms with Gasteiger partial charge in [0, 0.05) is 38.5 Å². The van der Waals surface area contributed by atoms with Gasteiger partial charge in [0.2, 0.25) is 0 Å². The first-order chi connectivity index (χ1) is 17.9. The quantitative estimate of drug-likeness (QED) is 0.227. The molecule has 0 saturated heterocycles. The monoisotopic (exact) mass is 535 g/mol. The average Bonchev–Trinajstić information content (AvgIpc) is 2.88. The predicted octanol–water partition coefficient (Wildman–Crippen LogP) is 7.03. The van der Waals surface area contributed by atoms with Gasteiger partial charge in [0.25, 0.3) is 5.91 Å². The molecule has 2 N–H and O–H groups in total. The highest BCUT2D eigenvalue weighted by Gasteiger charge is 2.13. The fraction of sp³-hybridized carbons (Fsp3) is 0.103. The molecule has 0 spiro atoms. The summed E-state index contributed by atoms with van der Waals surface area (Å²) in [5.74, 6) is -0.441. The van der Waals surface area contributed by atoms with E-state index in [0.29, 0.717) is 38.4 Å². The van der Waals surface area contributed by atoms with Crippen LogP contribution in [0.5, 0.6) is 11.5 Å².